The van der Waals surface area contributed by atoms with Crippen LogP contribution in [0.4, 0.5) is 0 Å². The van der Waals surface area contributed by atoms with E-state index in [-0.39, 0.29) is 29.1 Å². The molecule has 6 nitrogen and oxygen atoms in total. The number of nitrogens with zero attached hydrogens (tertiary/aromatic N) is 3. The lowest BCUT2D eigenvalue weighted by Gasteiger charge is -2.29. The smallest absolute Gasteiger partial charge is 0.252 e. The molecule has 0 N–H and O–H groups in total. The van der Waals surface area contributed by atoms with Gasteiger partial charge in [0.2, 0.25) is 0 Å². The average molecular weight is 525 g/mol. The van der Waals surface area contributed by atoms with Gasteiger partial charge in [-0.3, -0.25) is 4.79 Å². The predicted molar refractivity (Wildman–Crippen MR) is 122 cm³/mol. The summed E-state index contributed by atoms with van der Waals surface area (Å²) in [5.41, 5.74) is 0.733. The predicted octanol–water partition coefficient (Wildman–Crippen LogP) is 4.79. The van der Waals surface area contributed by atoms with Crippen molar-refractivity contribution in [3.63, 3.8) is 0 Å². The van der Waals surface area contributed by atoms with Crippen LogP contribution in [0.15, 0.2) is 33.5 Å². The van der Waals surface area contributed by atoms with Crippen LogP contribution in [0.1, 0.15) is 12.8 Å². The van der Waals surface area contributed by atoms with E-state index in [0.29, 0.717) is 32.0 Å². The molecule has 2 aromatic heterocycles. The van der Waals surface area contributed by atoms with Crippen LogP contribution in [0.25, 0.3) is 10.2 Å². The zero-order chi connectivity index (χ0) is 21.6. The molecule has 30 heavy (non-hydrogen) atoms. The Morgan fingerprint density at radius 2 is 1.73 bits per heavy atom. The number of rotatable bonds is 3. The van der Waals surface area contributed by atoms with Crippen molar-refractivity contribution < 1.29 is 13.2 Å². The van der Waals surface area contributed by atoms with E-state index in [1.807, 2.05) is 0 Å². The summed E-state index contributed by atoms with van der Waals surface area (Å²) >= 11 is 20.7. The van der Waals surface area contributed by atoms with Gasteiger partial charge in [-0.1, -0.05) is 46.1 Å². The Kier molecular flexibility index (Phi) is 6.33. The second-order valence-electron chi connectivity index (χ2n) is 6.84. The van der Waals surface area contributed by atoms with Gasteiger partial charge in [-0.05, 0) is 37.1 Å². The second-order valence-corrected chi connectivity index (χ2v) is 12.5. The molecule has 1 amide bonds. The lowest BCUT2D eigenvalue weighted by atomic mass is 9.98. The van der Waals surface area contributed by atoms with E-state index in [4.69, 9.17) is 34.8 Å². The molecule has 0 saturated carbocycles. The number of carbonyl (C=O) groups is 1. The number of thiophene rings is 1. The number of fused-ring (bicyclic) bond motifs is 1. The number of benzene rings is 1. The minimum Gasteiger partial charge on any atom is -0.318 e. The average Bonchev–Trinajstić information content (AvgIpc) is 3.30. The number of piperidine rings is 1. The zero-order valence-electron chi connectivity index (χ0n) is 15.6. The van der Waals surface area contributed by atoms with Crippen molar-refractivity contribution in [1.29, 1.82) is 0 Å². The van der Waals surface area contributed by atoms with E-state index in [0.717, 1.165) is 21.6 Å². The maximum atomic E-state index is 12.8. The van der Waals surface area contributed by atoms with Gasteiger partial charge >= 0.3 is 0 Å². The second kappa shape index (κ2) is 8.54. The first-order valence-corrected chi connectivity index (χ1v) is 13.2. The van der Waals surface area contributed by atoms with Crippen LogP contribution in [0.2, 0.25) is 14.4 Å². The first-order valence-electron chi connectivity index (χ1n) is 8.96. The molecule has 0 spiro atoms. The van der Waals surface area contributed by atoms with Crippen LogP contribution in [-0.2, 0) is 21.9 Å². The summed E-state index contributed by atoms with van der Waals surface area (Å²) in [6.07, 6.45) is 0.827. The fourth-order valence-electron chi connectivity index (χ4n) is 3.38. The molecule has 12 heteroatoms. The third-order valence-electron chi connectivity index (χ3n) is 5.00. The third-order valence-corrected chi connectivity index (χ3v) is 10.5. The van der Waals surface area contributed by atoms with E-state index in [9.17, 15) is 13.2 Å². The van der Waals surface area contributed by atoms with E-state index in [1.165, 1.54) is 21.7 Å². The summed E-state index contributed by atoms with van der Waals surface area (Å²) in [6.45, 7) is 0.528. The largest absolute Gasteiger partial charge is 0.318 e. The summed E-state index contributed by atoms with van der Waals surface area (Å²) in [7, 11) is -1.80. The summed E-state index contributed by atoms with van der Waals surface area (Å²) < 4.78 is 30.0. The summed E-state index contributed by atoms with van der Waals surface area (Å²) in [5, 5.41) is 1.09. The van der Waals surface area contributed by atoms with Crippen LogP contribution < -0.4 is 4.80 Å². The third kappa shape index (κ3) is 4.09. The summed E-state index contributed by atoms with van der Waals surface area (Å²) in [6, 6.07) is 6.50. The number of aryl methyl sites for hydroxylation is 1. The maximum absolute atomic E-state index is 12.8. The molecule has 1 aromatic carbocycles. The Hall–Kier alpha value is -0.940. The van der Waals surface area contributed by atoms with E-state index < -0.39 is 10.0 Å². The monoisotopic (exact) mass is 523 g/mol. The number of aromatic nitrogens is 1. The molecule has 160 valence electrons. The van der Waals surface area contributed by atoms with E-state index >= 15 is 0 Å². The molecule has 3 aromatic rings. The van der Waals surface area contributed by atoms with Gasteiger partial charge < -0.3 is 4.57 Å². The van der Waals surface area contributed by atoms with Crippen LogP contribution in [-0.4, -0.2) is 36.3 Å². The van der Waals surface area contributed by atoms with Gasteiger partial charge in [0.05, 0.1) is 24.6 Å². The van der Waals surface area contributed by atoms with Gasteiger partial charge in [0.1, 0.15) is 4.21 Å². The first kappa shape index (κ1) is 22.3. The fourth-order valence-corrected chi connectivity index (χ4v) is 8.15. The highest BCUT2D eigenvalue weighted by atomic mass is 35.5. The van der Waals surface area contributed by atoms with Crippen LogP contribution in [0, 0.1) is 5.92 Å². The van der Waals surface area contributed by atoms with Gasteiger partial charge in [0.25, 0.3) is 15.9 Å². The molecule has 3 heterocycles. The highest BCUT2D eigenvalue weighted by molar-refractivity contribution is 7.91. The number of sulfonamides is 1. The molecule has 4 rings (SSSR count). The Balaban J connectivity index is 1.53. The van der Waals surface area contributed by atoms with E-state index in [2.05, 4.69) is 4.99 Å². The minimum absolute atomic E-state index is 0.216. The van der Waals surface area contributed by atoms with Crippen molar-refractivity contribution in [2.24, 2.45) is 18.0 Å². The van der Waals surface area contributed by atoms with Crippen molar-refractivity contribution >= 4 is 83.6 Å². The van der Waals surface area contributed by atoms with Gasteiger partial charge in [-0.15, -0.1) is 11.3 Å². The molecule has 0 bridgehead atoms. The lowest BCUT2D eigenvalue weighted by Crippen LogP contribution is -2.40. The van der Waals surface area contributed by atoms with Gasteiger partial charge in [-0.25, -0.2) is 8.42 Å². The number of hydrogen-bond donors (Lipinski definition) is 0. The quantitative estimate of drug-likeness (QED) is 0.494. The normalized spacial score (nSPS) is 17.1. The van der Waals surface area contributed by atoms with Gasteiger partial charge in [0.15, 0.2) is 4.80 Å². The highest BCUT2D eigenvalue weighted by Crippen LogP contribution is 2.32. The molecular weight excluding hydrogens is 509 g/mol. The minimum atomic E-state index is -3.59. The van der Waals surface area contributed by atoms with Gasteiger partial charge in [-0.2, -0.15) is 9.30 Å². The molecule has 0 radical (unpaired) electrons. The number of carbonyl (C=O) groups excluding carboxylic acids is 1. The van der Waals surface area contributed by atoms with Crippen molar-refractivity contribution in [2.75, 3.05) is 13.1 Å². The van der Waals surface area contributed by atoms with Crippen LogP contribution in [0.3, 0.4) is 0 Å². The van der Waals surface area contributed by atoms with Crippen LogP contribution in [0.5, 0.6) is 0 Å². The number of amides is 1. The molecule has 0 aliphatic carbocycles. The lowest BCUT2D eigenvalue weighted by molar-refractivity contribution is -0.122. The topological polar surface area (TPSA) is 71.7 Å². The van der Waals surface area contributed by atoms with Crippen molar-refractivity contribution in [1.82, 2.24) is 8.87 Å². The number of hydrogen-bond acceptors (Lipinski definition) is 5. The molecule has 1 fully saturated rings. The Bertz CT molecular complexity index is 1300. The standard InChI is InChI=1S/C18H16Cl3N3O3S3/c1-23-15-11(19)2-3-12(20)16(15)29-18(23)22-17(25)10-6-8-24(9-7-10)30(26,27)14-5-4-13(21)28-14/h2-5,10H,6-9H2,1H3. The van der Waals surface area contributed by atoms with Crippen molar-refractivity contribution in [3.05, 3.63) is 43.4 Å². The first-order chi connectivity index (χ1) is 14.2. The molecule has 1 aliphatic heterocycles. The Morgan fingerprint density at radius 1 is 1.07 bits per heavy atom. The molecule has 0 unspecified atom stereocenters. The highest BCUT2D eigenvalue weighted by Gasteiger charge is 2.33. The number of thiazole rings is 1. The number of halogens is 3. The Morgan fingerprint density at radius 3 is 2.33 bits per heavy atom. The van der Waals surface area contributed by atoms with Gasteiger partial charge in [0, 0.05) is 26.1 Å². The van der Waals surface area contributed by atoms with E-state index in [1.54, 1.807) is 29.8 Å². The Labute approximate surface area is 196 Å². The molecular formula is C18H16Cl3N3O3S3. The van der Waals surface area contributed by atoms with Crippen LogP contribution >= 0.6 is 57.5 Å². The van der Waals surface area contributed by atoms with Crippen molar-refractivity contribution in [2.45, 2.75) is 17.1 Å². The molecule has 1 aliphatic rings. The summed E-state index contributed by atoms with van der Waals surface area (Å²) in [4.78, 5) is 17.6. The fraction of sp³-hybridized carbons (Fsp3) is 0.333. The maximum Gasteiger partial charge on any atom is 0.252 e. The zero-order valence-corrected chi connectivity index (χ0v) is 20.4. The summed E-state index contributed by atoms with van der Waals surface area (Å²) in [5.74, 6) is -0.597. The molecule has 0 atom stereocenters. The SMILES string of the molecule is Cn1c(=NC(=O)C2CCN(S(=O)(=O)c3ccc(Cl)s3)CC2)sc2c(Cl)ccc(Cl)c21. The van der Waals surface area contributed by atoms with Crippen molar-refractivity contribution in [3.8, 4) is 0 Å². The molecule has 1 saturated heterocycles.